The standard InChI is InChI=1S/C11H9F2NO3/c1-6-4-10(14(15)16)11(17-6)8-5-7(12)2-3-9(8)13/h2-3,5,10-11H,1,4H2/t10-,11+/m1/s1. The van der Waals surface area contributed by atoms with Crippen LogP contribution < -0.4 is 0 Å². The summed E-state index contributed by atoms with van der Waals surface area (Å²) in [5.41, 5.74) is -0.148. The topological polar surface area (TPSA) is 52.4 Å². The van der Waals surface area contributed by atoms with Crippen LogP contribution in [0.5, 0.6) is 0 Å². The van der Waals surface area contributed by atoms with Gasteiger partial charge in [-0.05, 0) is 18.2 Å². The highest BCUT2D eigenvalue weighted by atomic mass is 19.1. The predicted molar refractivity (Wildman–Crippen MR) is 54.7 cm³/mol. The highest BCUT2D eigenvalue weighted by Crippen LogP contribution is 2.37. The van der Waals surface area contributed by atoms with Crippen molar-refractivity contribution in [2.75, 3.05) is 0 Å². The Bertz CT molecular complexity index is 490. The fraction of sp³-hybridized carbons (Fsp3) is 0.273. The summed E-state index contributed by atoms with van der Waals surface area (Å²) in [4.78, 5) is 10.2. The van der Waals surface area contributed by atoms with Gasteiger partial charge in [0.15, 0.2) is 6.10 Å². The molecule has 0 aromatic heterocycles. The first-order chi connectivity index (χ1) is 7.99. The van der Waals surface area contributed by atoms with Crippen LogP contribution in [-0.4, -0.2) is 11.0 Å². The van der Waals surface area contributed by atoms with Crippen LogP contribution in [0.25, 0.3) is 0 Å². The number of benzene rings is 1. The van der Waals surface area contributed by atoms with E-state index in [9.17, 15) is 18.9 Å². The maximum Gasteiger partial charge on any atom is 0.260 e. The second kappa shape index (κ2) is 4.12. The lowest BCUT2D eigenvalue weighted by Crippen LogP contribution is -2.23. The summed E-state index contributed by atoms with van der Waals surface area (Å²) in [6, 6.07) is 1.66. The monoisotopic (exact) mass is 241 g/mol. The Kier molecular flexibility index (Phi) is 2.79. The summed E-state index contributed by atoms with van der Waals surface area (Å²) in [5, 5.41) is 10.8. The number of halogens is 2. The van der Waals surface area contributed by atoms with Crippen LogP contribution >= 0.6 is 0 Å². The van der Waals surface area contributed by atoms with E-state index in [1.165, 1.54) is 0 Å². The quantitative estimate of drug-likeness (QED) is 0.590. The molecule has 17 heavy (non-hydrogen) atoms. The zero-order valence-electron chi connectivity index (χ0n) is 8.73. The molecule has 1 aliphatic rings. The van der Waals surface area contributed by atoms with Crippen molar-refractivity contribution in [1.29, 1.82) is 0 Å². The average Bonchev–Trinajstić information content (AvgIpc) is 2.64. The number of nitrogens with zero attached hydrogens (tertiary/aromatic N) is 1. The van der Waals surface area contributed by atoms with Gasteiger partial charge in [0.2, 0.25) is 0 Å². The van der Waals surface area contributed by atoms with Crippen LogP contribution in [0, 0.1) is 21.7 Å². The lowest BCUT2D eigenvalue weighted by Gasteiger charge is -2.13. The predicted octanol–water partition coefficient (Wildman–Crippen LogP) is 2.59. The van der Waals surface area contributed by atoms with Crippen molar-refractivity contribution >= 4 is 0 Å². The Morgan fingerprint density at radius 2 is 2.18 bits per heavy atom. The van der Waals surface area contributed by atoms with E-state index in [-0.39, 0.29) is 17.7 Å². The average molecular weight is 241 g/mol. The summed E-state index contributed by atoms with van der Waals surface area (Å²) >= 11 is 0. The van der Waals surface area contributed by atoms with Gasteiger partial charge in [0.05, 0.1) is 12.2 Å². The van der Waals surface area contributed by atoms with Crippen LogP contribution in [0.2, 0.25) is 0 Å². The van der Waals surface area contributed by atoms with Gasteiger partial charge in [-0.25, -0.2) is 8.78 Å². The van der Waals surface area contributed by atoms with Crippen LogP contribution in [0.15, 0.2) is 30.5 Å². The molecule has 1 aliphatic heterocycles. The first-order valence-corrected chi connectivity index (χ1v) is 4.92. The number of nitro groups is 1. The molecule has 2 atom stereocenters. The Hall–Kier alpha value is -1.98. The molecular weight excluding hydrogens is 232 g/mol. The van der Waals surface area contributed by atoms with Crippen molar-refractivity contribution < 1.29 is 18.4 Å². The van der Waals surface area contributed by atoms with Gasteiger partial charge in [-0.15, -0.1) is 0 Å². The van der Waals surface area contributed by atoms with E-state index in [4.69, 9.17) is 4.74 Å². The van der Waals surface area contributed by atoms with E-state index in [1.807, 2.05) is 0 Å². The summed E-state index contributed by atoms with van der Waals surface area (Å²) in [6.45, 7) is 3.47. The van der Waals surface area contributed by atoms with Gasteiger partial charge < -0.3 is 4.74 Å². The van der Waals surface area contributed by atoms with Crippen LogP contribution in [-0.2, 0) is 4.74 Å². The van der Waals surface area contributed by atoms with Gasteiger partial charge in [-0.2, -0.15) is 0 Å². The lowest BCUT2D eigenvalue weighted by atomic mass is 10.0. The molecule has 0 saturated carbocycles. The minimum absolute atomic E-state index is 0.00756. The molecule has 0 bridgehead atoms. The van der Waals surface area contributed by atoms with Crippen molar-refractivity contribution in [2.24, 2.45) is 0 Å². The molecule has 90 valence electrons. The molecule has 0 aliphatic carbocycles. The molecule has 4 nitrogen and oxygen atoms in total. The molecule has 0 radical (unpaired) electrons. The van der Waals surface area contributed by atoms with Crippen molar-refractivity contribution in [2.45, 2.75) is 18.6 Å². The largest absolute Gasteiger partial charge is 0.483 e. The third-order valence-electron chi connectivity index (χ3n) is 2.62. The fourth-order valence-corrected chi connectivity index (χ4v) is 1.83. The number of hydrogen-bond donors (Lipinski definition) is 0. The first kappa shape index (κ1) is 11.5. The molecule has 0 N–H and O–H groups in total. The summed E-state index contributed by atoms with van der Waals surface area (Å²) in [6.07, 6.45) is -1.11. The van der Waals surface area contributed by atoms with Crippen molar-refractivity contribution in [3.63, 3.8) is 0 Å². The van der Waals surface area contributed by atoms with E-state index < -0.39 is 28.7 Å². The second-order valence-electron chi connectivity index (χ2n) is 3.80. The molecule has 1 aromatic carbocycles. The Labute approximate surface area is 95.7 Å². The number of hydrogen-bond acceptors (Lipinski definition) is 3. The third-order valence-corrected chi connectivity index (χ3v) is 2.62. The zero-order valence-corrected chi connectivity index (χ0v) is 8.73. The van der Waals surface area contributed by atoms with Crippen LogP contribution in [0.4, 0.5) is 8.78 Å². The van der Waals surface area contributed by atoms with Crippen molar-refractivity contribution in [3.8, 4) is 0 Å². The highest BCUT2D eigenvalue weighted by Gasteiger charge is 2.43. The summed E-state index contributed by atoms with van der Waals surface area (Å²) < 4.78 is 31.6. The molecule has 0 amide bonds. The van der Waals surface area contributed by atoms with Crippen molar-refractivity contribution in [1.82, 2.24) is 0 Å². The SMILES string of the molecule is C=C1C[C@@H]([N+](=O)[O-])[C@H](c2cc(F)ccc2F)O1. The molecule has 1 saturated heterocycles. The second-order valence-corrected chi connectivity index (χ2v) is 3.80. The number of rotatable bonds is 2. The molecule has 0 unspecified atom stereocenters. The van der Waals surface area contributed by atoms with Crippen molar-refractivity contribution in [3.05, 3.63) is 57.8 Å². The Morgan fingerprint density at radius 1 is 1.47 bits per heavy atom. The third kappa shape index (κ3) is 2.11. The van der Waals surface area contributed by atoms with E-state index in [2.05, 4.69) is 6.58 Å². The minimum atomic E-state index is -1.13. The molecule has 6 heteroatoms. The van der Waals surface area contributed by atoms with Crippen LogP contribution in [0.3, 0.4) is 0 Å². The molecule has 1 heterocycles. The van der Waals surface area contributed by atoms with Gasteiger partial charge in [0.1, 0.15) is 11.6 Å². The summed E-state index contributed by atoms with van der Waals surface area (Å²) in [5.74, 6) is -1.18. The van der Waals surface area contributed by atoms with E-state index >= 15 is 0 Å². The van der Waals surface area contributed by atoms with E-state index in [0.29, 0.717) is 0 Å². The lowest BCUT2D eigenvalue weighted by molar-refractivity contribution is -0.528. The van der Waals surface area contributed by atoms with Gasteiger partial charge in [0, 0.05) is 10.5 Å². The van der Waals surface area contributed by atoms with E-state index in [1.54, 1.807) is 0 Å². The smallest absolute Gasteiger partial charge is 0.260 e. The molecule has 2 rings (SSSR count). The van der Waals surface area contributed by atoms with Gasteiger partial charge in [0.25, 0.3) is 6.04 Å². The van der Waals surface area contributed by atoms with Gasteiger partial charge >= 0.3 is 0 Å². The van der Waals surface area contributed by atoms with Gasteiger partial charge in [-0.1, -0.05) is 6.58 Å². The van der Waals surface area contributed by atoms with Crippen LogP contribution in [0.1, 0.15) is 18.1 Å². The maximum atomic E-state index is 13.5. The Balaban J connectivity index is 2.41. The molecular formula is C11H9F2NO3. The highest BCUT2D eigenvalue weighted by molar-refractivity contribution is 5.24. The normalized spacial score (nSPS) is 23.5. The first-order valence-electron chi connectivity index (χ1n) is 4.92. The molecule has 1 fully saturated rings. The summed E-state index contributed by atoms with van der Waals surface area (Å²) in [7, 11) is 0. The molecule has 0 spiro atoms. The minimum Gasteiger partial charge on any atom is -0.483 e. The van der Waals surface area contributed by atoms with Gasteiger partial charge in [-0.3, -0.25) is 10.1 Å². The molecule has 1 aromatic rings. The Morgan fingerprint density at radius 3 is 2.82 bits per heavy atom. The number of ether oxygens (including phenoxy) is 1. The maximum absolute atomic E-state index is 13.5. The van der Waals surface area contributed by atoms with E-state index in [0.717, 1.165) is 18.2 Å². The zero-order chi connectivity index (χ0) is 12.6. The fourth-order valence-electron chi connectivity index (χ4n) is 1.83.